The minimum absolute atomic E-state index is 0.258. The normalized spacial score (nSPS) is 13.2. The minimum atomic E-state index is 0.258. The highest BCUT2D eigenvalue weighted by Gasteiger charge is 2.03. The van der Waals surface area contributed by atoms with Crippen molar-refractivity contribution in [3.63, 3.8) is 0 Å². The highest BCUT2D eigenvalue weighted by atomic mass is 16.2. The second-order valence-corrected chi connectivity index (χ2v) is 3.41. The van der Waals surface area contributed by atoms with E-state index in [9.17, 15) is 0 Å². The van der Waals surface area contributed by atoms with Crippen molar-refractivity contribution >= 4 is 0 Å². The zero-order chi connectivity index (χ0) is 9.68. The molecule has 74 valence electrons. The third-order valence-electron chi connectivity index (χ3n) is 2.32. The minimum Gasteiger partial charge on any atom is -0.396 e. The molecule has 13 heavy (non-hydrogen) atoms. The maximum absolute atomic E-state index is 8.66. The van der Waals surface area contributed by atoms with Gasteiger partial charge in [0.25, 0.3) is 0 Å². The number of rotatable bonds is 5. The van der Waals surface area contributed by atoms with E-state index in [1.165, 1.54) is 5.56 Å². The molecule has 0 amide bonds. The van der Waals surface area contributed by atoms with Crippen LogP contribution in [0.2, 0.25) is 0 Å². The second kappa shape index (κ2) is 5.02. The van der Waals surface area contributed by atoms with Crippen LogP contribution in [-0.2, 0) is 6.42 Å². The first-order chi connectivity index (χ1) is 6.27. The van der Waals surface area contributed by atoms with Crippen molar-refractivity contribution in [3.8, 4) is 0 Å². The zero-order valence-electron chi connectivity index (χ0n) is 8.40. The summed E-state index contributed by atoms with van der Waals surface area (Å²) >= 11 is 0. The Labute approximate surface area is 79.4 Å². The molecule has 0 saturated carbocycles. The van der Waals surface area contributed by atoms with E-state index in [4.69, 9.17) is 5.11 Å². The first-order valence-electron chi connectivity index (χ1n) is 4.91. The van der Waals surface area contributed by atoms with Crippen molar-refractivity contribution in [2.75, 3.05) is 6.61 Å². The van der Waals surface area contributed by atoms with Crippen LogP contribution in [-0.4, -0.2) is 21.5 Å². The molecule has 1 heterocycles. The van der Waals surface area contributed by atoms with E-state index in [1.807, 2.05) is 10.9 Å². The van der Waals surface area contributed by atoms with Crippen LogP contribution < -0.4 is 0 Å². The molecule has 0 bridgehead atoms. The summed E-state index contributed by atoms with van der Waals surface area (Å²) in [5, 5.41) is 12.9. The van der Waals surface area contributed by atoms with E-state index in [2.05, 4.69) is 25.1 Å². The maximum Gasteiger partial charge on any atom is 0.0521 e. The van der Waals surface area contributed by atoms with Crippen LogP contribution in [0.4, 0.5) is 0 Å². The summed E-state index contributed by atoms with van der Waals surface area (Å²) in [7, 11) is 0. The van der Waals surface area contributed by atoms with Gasteiger partial charge in [-0.25, -0.2) is 0 Å². The number of aryl methyl sites for hydroxylation is 1. The van der Waals surface area contributed by atoms with Gasteiger partial charge in [0.15, 0.2) is 0 Å². The van der Waals surface area contributed by atoms with E-state index in [0.29, 0.717) is 6.04 Å². The summed E-state index contributed by atoms with van der Waals surface area (Å²) in [6, 6.07) is 0.475. The fourth-order valence-electron chi connectivity index (χ4n) is 1.22. The van der Waals surface area contributed by atoms with E-state index >= 15 is 0 Å². The largest absolute Gasteiger partial charge is 0.396 e. The van der Waals surface area contributed by atoms with Gasteiger partial charge in [0, 0.05) is 18.8 Å². The van der Waals surface area contributed by atoms with Crippen molar-refractivity contribution < 1.29 is 5.11 Å². The van der Waals surface area contributed by atoms with Gasteiger partial charge in [-0.15, -0.1) is 0 Å². The Hall–Kier alpha value is -0.830. The SMILES string of the molecule is CC[C@H](C)n1cc(CCCO)cn1. The van der Waals surface area contributed by atoms with Crippen LogP contribution >= 0.6 is 0 Å². The molecule has 1 aromatic rings. The molecule has 1 atom stereocenters. The lowest BCUT2D eigenvalue weighted by molar-refractivity contribution is 0.288. The smallest absolute Gasteiger partial charge is 0.0521 e. The maximum atomic E-state index is 8.66. The predicted octanol–water partition coefficient (Wildman–Crippen LogP) is 1.78. The Balaban J connectivity index is 2.53. The number of hydrogen-bond acceptors (Lipinski definition) is 2. The molecule has 1 rings (SSSR count). The van der Waals surface area contributed by atoms with Crippen molar-refractivity contribution in [3.05, 3.63) is 18.0 Å². The lowest BCUT2D eigenvalue weighted by atomic mass is 10.2. The van der Waals surface area contributed by atoms with Gasteiger partial charge >= 0.3 is 0 Å². The fourth-order valence-corrected chi connectivity index (χ4v) is 1.22. The van der Waals surface area contributed by atoms with Crippen LogP contribution in [0.15, 0.2) is 12.4 Å². The lowest BCUT2D eigenvalue weighted by Gasteiger charge is -2.07. The molecule has 0 spiro atoms. The van der Waals surface area contributed by atoms with Crippen molar-refractivity contribution in [1.29, 1.82) is 0 Å². The molecule has 1 aromatic heterocycles. The summed E-state index contributed by atoms with van der Waals surface area (Å²) in [5.74, 6) is 0. The molecular formula is C10H18N2O. The standard InChI is InChI=1S/C10H18N2O/c1-3-9(2)12-8-10(7-11-12)5-4-6-13/h7-9,13H,3-6H2,1-2H3/t9-/m0/s1. The molecule has 0 aliphatic carbocycles. The molecule has 0 saturated heterocycles. The number of aliphatic hydroxyl groups is 1. The molecule has 0 aliphatic rings. The average molecular weight is 182 g/mol. The van der Waals surface area contributed by atoms with E-state index in [0.717, 1.165) is 19.3 Å². The van der Waals surface area contributed by atoms with Crippen LogP contribution in [0.5, 0.6) is 0 Å². The quantitative estimate of drug-likeness (QED) is 0.753. The van der Waals surface area contributed by atoms with Crippen molar-refractivity contribution in [2.45, 2.75) is 39.2 Å². The summed E-state index contributed by atoms with van der Waals surface area (Å²) < 4.78 is 1.99. The summed E-state index contributed by atoms with van der Waals surface area (Å²) in [6.07, 6.45) is 6.81. The Bertz CT molecular complexity index is 245. The van der Waals surface area contributed by atoms with Gasteiger partial charge in [-0.1, -0.05) is 6.92 Å². The molecule has 3 heteroatoms. The molecule has 3 nitrogen and oxygen atoms in total. The average Bonchev–Trinajstić information content (AvgIpc) is 2.62. The van der Waals surface area contributed by atoms with Crippen LogP contribution in [0.25, 0.3) is 0 Å². The number of nitrogens with zero attached hydrogens (tertiary/aromatic N) is 2. The monoisotopic (exact) mass is 182 g/mol. The predicted molar refractivity (Wildman–Crippen MR) is 52.6 cm³/mol. The zero-order valence-corrected chi connectivity index (χ0v) is 8.40. The molecule has 0 aliphatic heterocycles. The highest BCUT2D eigenvalue weighted by Crippen LogP contribution is 2.10. The molecular weight excluding hydrogens is 164 g/mol. The van der Waals surface area contributed by atoms with Gasteiger partial charge in [-0.2, -0.15) is 5.10 Å². The van der Waals surface area contributed by atoms with Crippen molar-refractivity contribution in [1.82, 2.24) is 9.78 Å². The summed E-state index contributed by atoms with van der Waals surface area (Å²) in [4.78, 5) is 0. The van der Waals surface area contributed by atoms with E-state index in [-0.39, 0.29) is 6.61 Å². The first-order valence-corrected chi connectivity index (χ1v) is 4.91. The fraction of sp³-hybridized carbons (Fsp3) is 0.700. The van der Waals surface area contributed by atoms with Gasteiger partial charge in [-0.3, -0.25) is 4.68 Å². The third-order valence-corrected chi connectivity index (χ3v) is 2.32. The Morgan fingerprint density at radius 3 is 3.00 bits per heavy atom. The van der Waals surface area contributed by atoms with Gasteiger partial charge in [0.1, 0.15) is 0 Å². The molecule has 1 N–H and O–H groups in total. The van der Waals surface area contributed by atoms with Gasteiger partial charge in [0.05, 0.1) is 6.20 Å². The van der Waals surface area contributed by atoms with Crippen LogP contribution in [0.3, 0.4) is 0 Å². The molecule has 0 radical (unpaired) electrons. The lowest BCUT2D eigenvalue weighted by Crippen LogP contribution is -2.03. The highest BCUT2D eigenvalue weighted by molar-refractivity contribution is 5.04. The number of hydrogen-bond donors (Lipinski definition) is 1. The van der Waals surface area contributed by atoms with Gasteiger partial charge in [0.2, 0.25) is 0 Å². The summed E-state index contributed by atoms with van der Waals surface area (Å²) in [6.45, 7) is 4.57. The molecule has 0 fully saturated rings. The Morgan fingerprint density at radius 1 is 1.62 bits per heavy atom. The number of aliphatic hydroxyl groups excluding tert-OH is 1. The first kappa shape index (κ1) is 10.3. The second-order valence-electron chi connectivity index (χ2n) is 3.41. The topological polar surface area (TPSA) is 38.0 Å². The van der Waals surface area contributed by atoms with Crippen molar-refractivity contribution in [2.24, 2.45) is 0 Å². The molecule has 0 aromatic carbocycles. The Morgan fingerprint density at radius 2 is 2.38 bits per heavy atom. The van der Waals surface area contributed by atoms with Crippen LogP contribution in [0, 0.1) is 0 Å². The Kier molecular flexibility index (Phi) is 3.96. The van der Waals surface area contributed by atoms with Gasteiger partial charge < -0.3 is 5.11 Å². The van der Waals surface area contributed by atoms with Crippen LogP contribution in [0.1, 0.15) is 38.3 Å². The van der Waals surface area contributed by atoms with Gasteiger partial charge in [-0.05, 0) is 31.7 Å². The van der Waals surface area contributed by atoms with E-state index in [1.54, 1.807) is 0 Å². The molecule has 0 unspecified atom stereocenters. The summed E-state index contributed by atoms with van der Waals surface area (Å²) in [5.41, 5.74) is 1.22. The third kappa shape index (κ3) is 2.84. The number of aromatic nitrogens is 2. The van der Waals surface area contributed by atoms with E-state index < -0.39 is 0 Å².